The average molecular weight is 420 g/mol. The molecule has 0 spiro atoms. The molecule has 1 saturated carbocycles. The maximum Gasteiger partial charge on any atom is 0.340 e. The number of esters is 1. The Morgan fingerprint density at radius 1 is 1.06 bits per heavy atom. The molecule has 0 atom stereocenters. The second kappa shape index (κ2) is 9.25. The van der Waals surface area contributed by atoms with Gasteiger partial charge < -0.3 is 14.8 Å². The Morgan fingerprint density at radius 3 is 2.55 bits per heavy atom. The Balaban J connectivity index is 1.78. The summed E-state index contributed by atoms with van der Waals surface area (Å²) in [5.74, 6) is 1.47. The highest BCUT2D eigenvalue weighted by Gasteiger charge is 2.22. The van der Waals surface area contributed by atoms with Gasteiger partial charge in [-0.3, -0.25) is 0 Å². The summed E-state index contributed by atoms with van der Waals surface area (Å²) in [5.41, 5.74) is 4.31. The number of aryl methyl sites for hydroxylation is 1. The largest absolute Gasteiger partial charge is 0.497 e. The maximum absolute atomic E-state index is 12.4. The van der Waals surface area contributed by atoms with Gasteiger partial charge >= 0.3 is 5.97 Å². The van der Waals surface area contributed by atoms with Crippen LogP contribution in [0.25, 0.3) is 5.69 Å². The molecule has 1 fully saturated rings. The average Bonchev–Trinajstić information content (AvgIpc) is 3.23. The van der Waals surface area contributed by atoms with Crippen LogP contribution in [0.15, 0.2) is 48.5 Å². The molecular weight excluding hydrogens is 390 g/mol. The molecule has 1 heterocycles. The Morgan fingerprint density at radius 2 is 1.84 bits per heavy atom. The Hall–Kier alpha value is -3.28. The van der Waals surface area contributed by atoms with Gasteiger partial charge in [-0.05, 0) is 49.6 Å². The fraction of sp³-hybridized carbons (Fsp3) is 0.360. The van der Waals surface area contributed by atoms with E-state index in [1.807, 2.05) is 28.9 Å². The fourth-order valence-electron chi connectivity index (χ4n) is 4.25. The number of hydrogen-bond donors (Lipinski definition) is 1. The van der Waals surface area contributed by atoms with Crippen LogP contribution in [0.1, 0.15) is 59.6 Å². The van der Waals surface area contributed by atoms with Gasteiger partial charge in [0.2, 0.25) is 0 Å². The summed E-state index contributed by atoms with van der Waals surface area (Å²) in [6, 6.07) is 15.6. The standard InChI is InChI=1S/C25H29N3O3/c1-17-9-7-8-12-23(17)28-24(16-22(27-28)18-10-5-4-6-11-18)26-21-14-13-19(30-2)15-20(21)25(29)31-3/h7-9,12-16,18,26H,4-6,10-11H2,1-3H3. The van der Waals surface area contributed by atoms with Crippen LogP contribution in [0.3, 0.4) is 0 Å². The first-order chi connectivity index (χ1) is 15.1. The molecule has 1 aliphatic rings. The molecule has 0 aliphatic heterocycles. The summed E-state index contributed by atoms with van der Waals surface area (Å²) in [4.78, 5) is 12.4. The zero-order valence-corrected chi connectivity index (χ0v) is 18.4. The van der Waals surface area contributed by atoms with Gasteiger partial charge in [0, 0.05) is 12.0 Å². The van der Waals surface area contributed by atoms with Crippen LogP contribution < -0.4 is 10.1 Å². The van der Waals surface area contributed by atoms with Crippen molar-refractivity contribution in [3.8, 4) is 11.4 Å². The van der Waals surface area contributed by atoms with Crippen molar-refractivity contribution in [2.24, 2.45) is 0 Å². The minimum atomic E-state index is -0.420. The van der Waals surface area contributed by atoms with Gasteiger partial charge in [-0.25, -0.2) is 9.48 Å². The van der Waals surface area contributed by atoms with Crippen molar-refractivity contribution in [1.82, 2.24) is 9.78 Å². The third kappa shape index (κ3) is 4.43. The second-order valence-electron chi connectivity index (χ2n) is 8.02. The van der Waals surface area contributed by atoms with Crippen molar-refractivity contribution in [1.29, 1.82) is 0 Å². The number of anilines is 2. The molecule has 0 saturated heterocycles. The number of nitrogens with one attached hydrogen (secondary N) is 1. The number of rotatable bonds is 6. The Labute approximate surface area is 183 Å². The molecule has 0 unspecified atom stereocenters. The SMILES string of the molecule is COC(=O)c1cc(OC)ccc1Nc1cc(C2CCCCC2)nn1-c1ccccc1C. The number of para-hydroxylation sites is 1. The minimum absolute atomic E-state index is 0.415. The van der Waals surface area contributed by atoms with E-state index < -0.39 is 5.97 Å². The van der Waals surface area contributed by atoms with E-state index in [1.54, 1.807) is 13.2 Å². The van der Waals surface area contributed by atoms with E-state index in [4.69, 9.17) is 14.6 Å². The molecule has 0 amide bonds. The predicted molar refractivity (Wildman–Crippen MR) is 122 cm³/mol. The van der Waals surface area contributed by atoms with Gasteiger partial charge in [0.15, 0.2) is 0 Å². The van der Waals surface area contributed by atoms with Crippen LogP contribution in [0.2, 0.25) is 0 Å². The van der Waals surface area contributed by atoms with Crippen LogP contribution in [0, 0.1) is 6.92 Å². The van der Waals surface area contributed by atoms with Crippen LogP contribution in [0.5, 0.6) is 5.75 Å². The van der Waals surface area contributed by atoms with Crippen molar-refractivity contribution in [3.63, 3.8) is 0 Å². The van der Waals surface area contributed by atoms with Gasteiger partial charge in [0.1, 0.15) is 11.6 Å². The molecule has 4 rings (SSSR count). The number of aromatic nitrogens is 2. The molecule has 6 heteroatoms. The van der Waals surface area contributed by atoms with Gasteiger partial charge in [0.05, 0.1) is 36.9 Å². The summed E-state index contributed by atoms with van der Waals surface area (Å²) < 4.78 is 12.2. The molecule has 6 nitrogen and oxygen atoms in total. The first-order valence-electron chi connectivity index (χ1n) is 10.8. The number of carbonyl (C=O) groups excluding carboxylic acids is 1. The Kier molecular flexibility index (Phi) is 6.26. The van der Waals surface area contributed by atoms with Crippen LogP contribution >= 0.6 is 0 Å². The molecule has 0 bridgehead atoms. The zero-order valence-electron chi connectivity index (χ0n) is 18.4. The van der Waals surface area contributed by atoms with Crippen LogP contribution in [-0.2, 0) is 4.74 Å². The molecule has 162 valence electrons. The van der Waals surface area contributed by atoms with E-state index in [-0.39, 0.29) is 0 Å². The second-order valence-corrected chi connectivity index (χ2v) is 8.02. The maximum atomic E-state index is 12.4. The van der Waals surface area contributed by atoms with E-state index in [9.17, 15) is 4.79 Å². The van der Waals surface area contributed by atoms with E-state index >= 15 is 0 Å². The summed E-state index contributed by atoms with van der Waals surface area (Å²) in [5, 5.41) is 8.44. The van der Waals surface area contributed by atoms with Crippen molar-refractivity contribution in [2.75, 3.05) is 19.5 Å². The third-order valence-electron chi connectivity index (χ3n) is 5.99. The Bertz CT molecular complexity index is 1070. The number of nitrogens with zero attached hydrogens (tertiary/aromatic N) is 2. The van der Waals surface area contributed by atoms with Gasteiger partial charge in [-0.15, -0.1) is 0 Å². The van der Waals surface area contributed by atoms with Gasteiger partial charge in [-0.1, -0.05) is 37.5 Å². The van der Waals surface area contributed by atoms with Gasteiger partial charge in [-0.2, -0.15) is 5.10 Å². The lowest BCUT2D eigenvalue weighted by atomic mass is 9.87. The van der Waals surface area contributed by atoms with Crippen molar-refractivity contribution < 1.29 is 14.3 Å². The number of methoxy groups -OCH3 is 2. The molecule has 1 aliphatic carbocycles. The number of benzene rings is 2. The molecule has 31 heavy (non-hydrogen) atoms. The number of ether oxygens (including phenoxy) is 2. The van der Waals surface area contributed by atoms with Crippen LogP contribution in [0.4, 0.5) is 11.5 Å². The minimum Gasteiger partial charge on any atom is -0.497 e. The van der Waals surface area contributed by atoms with Crippen molar-refractivity contribution in [3.05, 3.63) is 65.4 Å². The van der Waals surface area contributed by atoms with Crippen molar-refractivity contribution in [2.45, 2.75) is 44.9 Å². The van der Waals surface area contributed by atoms with E-state index in [0.29, 0.717) is 22.9 Å². The highest BCUT2D eigenvalue weighted by molar-refractivity contribution is 5.97. The highest BCUT2D eigenvalue weighted by atomic mass is 16.5. The highest BCUT2D eigenvalue weighted by Crippen LogP contribution is 2.35. The summed E-state index contributed by atoms with van der Waals surface area (Å²) >= 11 is 0. The van der Waals surface area contributed by atoms with Crippen LogP contribution in [-0.4, -0.2) is 30.0 Å². The first-order valence-corrected chi connectivity index (χ1v) is 10.8. The summed E-state index contributed by atoms with van der Waals surface area (Å²) in [7, 11) is 2.96. The predicted octanol–water partition coefficient (Wildman–Crippen LogP) is 5.77. The normalized spacial score (nSPS) is 14.3. The quantitative estimate of drug-likeness (QED) is 0.514. The van der Waals surface area contributed by atoms with E-state index in [2.05, 4.69) is 30.4 Å². The lowest BCUT2D eigenvalue weighted by molar-refractivity contribution is 0.0601. The molecule has 3 aromatic rings. The topological polar surface area (TPSA) is 65.4 Å². The smallest absolute Gasteiger partial charge is 0.340 e. The molecule has 0 radical (unpaired) electrons. The summed E-state index contributed by atoms with van der Waals surface area (Å²) in [6.45, 7) is 2.08. The van der Waals surface area contributed by atoms with E-state index in [1.165, 1.54) is 39.2 Å². The zero-order chi connectivity index (χ0) is 21.8. The summed E-state index contributed by atoms with van der Waals surface area (Å²) in [6.07, 6.45) is 6.13. The van der Waals surface area contributed by atoms with Crippen molar-refractivity contribution >= 4 is 17.5 Å². The molecule has 2 aromatic carbocycles. The third-order valence-corrected chi connectivity index (χ3v) is 5.99. The fourth-order valence-corrected chi connectivity index (χ4v) is 4.25. The lowest BCUT2D eigenvalue weighted by Crippen LogP contribution is -2.09. The molecule has 1 aromatic heterocycles. The lowest BCUT2D eigenvalue weighted by Gasteiger charge is -2.19. The molecule has 1 N–H and O–H groups in total. The number of carbonyl (C=O) groups is 1. The first kappa shape index (κ1) is 21.0. The van der Waals surface area contributed by atoms with E-state index in [0.717, 1.165) is 22.8 Å². The number of hydrogen-bond acceptors (Lipinski definition) is 5. The van der Waals surface area contributed by atoms with Gasteiger partial charge in [0.25, 0.3) is 0 Å². The monoisotopic (exact) mass is 419 g/mol. The molecular formula is C25H29N3O3.